The third-order valence-electron chi connectivity index (χ3n) is 3.48. The van der Waals surface area contributed by atoms with Crippen LogP contribution < -0.4 is 0 Å². The smallest absolute Gasteiger partial charge is 0.312 e. The van der Waals surface area contributed by atoms with Crippen LogP contribution >= 0.6 is 0 Å². The lowest BCUT2D eigenvalue weighted by atomic mass is 9.83. The first-order valence-electron chi connectivity index (χ1n) is 4.57. The van der Waals surface area contributed by atoms with E-state index in [0.717, 1.165) is 12.8 Å². The molecule has 0 aromatic rings. The average molecular weight is 170 g/mol. The zero-order valence-corrected chi connectivity index (χ0v) is 7.05. The molecule has 12 heavy (non-hydrogen) atoms. The summed E-state index contributed by atoms with van der Waals surface area (Å²) in [5.74, 6) is -0.799. The molecule has 0 atom stereocenters. The number of carboxylic acid groups (broad SMARTS) is 1. The van der Waals surface area contributed by atoms with Crippen molar-refractivity contribution in [3.63, 3.8) is 0 Å². The van der Waals surface area contributed by atoms with Crippen LogP contribution in [0.3, 0.4) is 0 Å². The molecule has 0 aromatic carbocycles. The molecule has 0 aromatic heterocycles. The molecule has 2 rings (SSSR count). The Morgan fingerprint density at radius 2 is 1.58 bits per heavy atom. The van der Waals surface area contributed by atoms with Crippen molar-refractivity contribution in [2.75, 3.05) is 0 Å². The highest BCUT2D eigenvalue weighted by Gasteiger charge is 2.64. The largest absolute Gasteiger partial charge is 0.481 e. The average Bonchev–Trinajstić information content (AvgIpc) is 2.72. The Morgan fingerprint density at radius 3 is 1.92 bits per heavy atom. The Hall–Kier alpha value is -0.570. The van der Waals surface area contributed by atoms with Crippen LogP contribution in [0, 0.1) is 5.41 Å². The standard InChI is InChI=1S/C9H14O3/c10-7(11)8(5-6-8)9(12)3-1-2-4-9/h12H,1-6H2,(H,10,11). The molecule has 2 fully saturated rings. The van der Waals surface area contributed by atoms with Crippen LogP contribution in [0.4, 0.5) is 0 Å². The summed E-state index contributed by atoms with van der Waals surface area (Å²) in [5, 5.41) is 19.0. The van der Waals surface area contributed by atoms with Crippen LogP contribution in [0.25, 0.3) is 0 Å². The molecule has 2 saturated carbocycles. The fourth-order valence-corrected chi connectivity index (χ4v) is 2.44. The zero-order chi connectivity index (χ0) is 8.82. The van der Waals surface area contributed by atoms with E-state index in [1.807, 2.05) is 0 Å². The van der Waals surface area contributed by atoms with E-state index in [4.69, 9.17) is 5.11 Å². The van der Waals surface area contributed by atoms with Crippen molar-refractivity contribution in [1.82, 2.24) is 0 Å². The van der Waals surface area contributed by atoms with E-state index in [1.54, 1.807) is 0 Å². The Labute approximate surface area is 71.4 Å². The molecular formula is C9H14O3. The number of hydrogen-bond donors (Lipinski definition) is 2. The highest BCUT2D eigenvalue weighted by molar-refractivity contribution is 5.79. The van der Waals surface area contributed by atoms with Crippen molar-refractivity contribution >= 4 is 5.97 Å². The molecule has 0 heterocycles. The molecule has 2 aliphatic rings. The Balaban J connectivity index is 2.22. The molecule has 3 heteroatoms. The predicted molar refractivity (Wildman–Crippen MR) is 42.7 cm³/mol. The number of carbonyl (C=O) groups is 1. The quantitative estimate of drug-likeness (QED) is 0.653. The summed E-state index contributed by atoms with van der Waals surface area (Å²) in [6.07, 6.45) is 4.65. The molecular weight excluding hydrogens is 156 g/mol. The molecule has 0 bridgehead atoms. The van der Waals surface area contributed by atoms with Gasteiger partial charge in [0.05, 0.1) is 11.0 Å². The first-order chi connectivity index (χ1) is 5.61. The summed E-state index contributed by atoms with van der Waals surface area (Å²) in [5.41, 5.74) is -1.64. The van der Waals surface area contributed by atoms with Crippen LogP contribution in [0.5, 0.6) is 0 Å². The molecule has 2 N–H and O–H groups in total. The topological polar surface area (TPSA) is 57.5 Å². The van der Waals surface area contributed by atoms with Gasteiger partial charge in [-0.25, -0.2) is 0 Å². The predicted octanol–water partition coefficient (Wildman–Crippen LogP) is 1.16. The maximum Gasteiger partial charge on any atom is 0.312 e. The van der Waals surface area contributed by atoms with Crippen LogP contribution in [-0.4, -0.2) is 21.8 Å². The van der Waals surface area contributed by atoms with Crippen molar-refractivity contribution < 1.29 is 15.0 Å². The number of carboxylic acids is 1. The minimum absolute atomic E-state index is 0.666. The van der Waals surface area contributed by atoms with Gasteiger partial charge < -0.3 is 10.2 Å². The number of aliphatic hydroxyl groups is 1. The molecule has 0 saturated heterocycles. The van der Waals surface area contributed by atoms with E-state index in [1.165, 1.54) is 0 Å². The van der Waals surface area contributed by atoms with Crippen LogP contribution in [0.1, 0.15) is 38.5 Å². The fraction of sp³-hybridized carbons (Fsp3) is 0.889. The summed E-state index contributed by atoms with van der Waals surface area (Å²) >= 11 is 0. The molecule has 2 aliphatic carbocycles. The van der Waals surface area contributed by atoms with Gasteiger partial charge in [-0.15, -0.1) is 0 Å². The first-order valence-corrected chi connectivity index (χ1v) is 4.57. The van der Waals surface area contributed by atoms with Gasteiger partial charge in [-0.1, -0.05) is 12.8 Å². The van der Waals surface area contributed by atoms with E-state index in [-0.39, 0.29) is 0 Å². The SMILES string of the molecule is O=C(O)C1(C2(O)CCCC2)CC1. The first kappa shape index (κ1) is 8.05. The van der Waals surface area contributed by atoms with Gasteiger partial charge in [0.2, 0.25) is 0 Å². The second-order valence-electron chi connectivity index (χ2n) is 4.13. The summed E-state index contributed by atoms with van der Waals surface area (Å²) in [4.78, 5) is 10.9. The molecule has 0 aliphatic heterocycles. The third kappa shape index (κ3) is 0.829. The maximum absolute atomic E-state index is 10.9. The maximum atomic E-state index is 10.9. The van der Waals surface area contributed by atoms with Crippen molar-refractivity contribution in [1.29, 1.82) is 0 Å². The van der Waals surface area contributed by atoms with Crippen molar-refractivity contribution in [2.24, 2.45) is 5.41 Å². The van der Waals surface area contributed by atoms with E-state index in [0.29, 0.717) is 25.7 Å². The third-order valence-corrected chi connectivity index (χ3v) is 3.48. The normalized spacial score (nSPS) is 30.1. The monoisotopic (exact) mass is 170 g/mol. The van der Waals surface area contributed by atoms with Gasteiger partial charge >= 0.3 is 5.97 Å². The van der Waals surface area contributed by atoms with Crippen molar-refractivity contribution in [2.45, 2.75) is 44.1 Å². The minimum atomic E-state index is -0.876. The van der Waals surface area contributed by atoms with Gasteiger partial charge in [-0.3, -0.25) is 4.79 Å². The molecule has 3 nitrogen and oxygen atoms in total. The van der Waals surface area contributed by atoms with Gasteiger partial charge in [0.1, 0.15) is 0 Å². The lowest BCUT2D eigenvalue weighted by Gasteiger charge is -2.29. The van der Waals surface area contributed by atoms with Crippen LogP contribution in [0.15, 0.2) is 0 Å². The Morgan fingerprint density at radius 1 is 1.08 bits per heavy atom. The highest BCUT2D eigenvalue weighted by Crippen LogP contribution is 2.59. The second-order valence-corrected chi connectivity index (χ2v) is 4.13. The number of aliphatic carboxylic acids is 1. The van der Waals surface area contributed by atoms with Gasteiger partial charge in [-0.05, 0) is 25.7 Å². The lowest BCUT2D eigenvalue weighted by Crippen LogP contribution is -2.41. The fourth-order valence-electron chi connectivity index (χ4n) is 2.44. The summed E-state index contributed by atoms with van der Waals surface area (Å²) in [7, 11) is 0. The van der Waals surface area contributed by atoms with Crippen LogP contribution in [0.2, 0.25) is 0 Å². The van der Waals surface area contributed by atoms with Crippen LogP contribution in [-0.2, 0) is 4.79 Å². The van der Waals surface area contributed by atoms with E-state index in [2.05, 4.69) is 0 Å². The Kier molecular flexibility index (Phi) is 1.49. The van der Waals surface area contributed by atoms with Gasteiger partial charge in [-0.2, -0.15) is 0 Å². The van der Waals surface area contributed by atoms with E-state index >= 15 is 0 Å². The number of rotatable bonds is 2. The number of hydrogen-bond acceptors (Lipinski definition) is 2. The van der Waals surface area contributed by atoms with E-state index < -0.39 is 17.0 Å². The summed E-state index contributed by atoms with van der Waals surface area (Å²) in [6, 6.07) is 0. The molecule has 0 spiro atoms. The van der Waals surface area contributed by atoms with Crippen molar-refractivity contribution in [3.05, 3.63) is 0 Å². The Bertz CT molecular complexity index is 212. The highest BCUT2D eigenvalue weighted by atomic mass is 16.4. The molecule has 68 valence electrons. The molecule has 0 unspecified atom stereocenters. The van der Waals surface area contributed by atoms with Gasteiger partial charge in [0.15, 0.2) is 0 Å². The summed E-state index contributed by atoms with van der Waals surface area (Å²) < 4.78 is 0. The minimum Gasteiger partial charge on any atom is -0.481 e. The molecule has 0 radical (unpaired) electrons. The van der Waals surface area contributed by atoms with Gasteiger partial charge in [0, 0.05) is 0 Å². The van der Waals surface area contributed by atoms with Crippen molar-refractivity contribution in [3.8, 4) is 0 Å². The molecule has 0 amide bonds. The van der Waals surface area contributed by atoms with Gasteiger partial charge in [0.25, 0.3) is 0 Å². The zero-order valence-electron chi connectivity index (χ0n) is 7.05. The second kappa shape index (κ2) is 2.22. The summed E-state index contributed by atoms with van der Waals surface area (Å²) in [6.45, 7) is 0. The lowest BCUT2D eigenvalue weighted by molar-refractivity contribution is -0.155. The van der Waals surface area contributed by atoms with E-state index in [9.17, 15) is 9.90 Å².